The first-order valence-corrected chi connectivity index (χ1v) is 7.45. The highest BCUT2D eigenvalue weighted by Gasteiger charge is 2.17. The fourth-order valence-corrected chi connectivity index (χ4v) is 3.75. The molecule has 0 saturated carbocycles. The van der Waals surface area contributed by atoms with Crippen molar-refractivity contribution in [3.63, 3.8) is 0 Å². The normalized spacial score (nSPS) is 24.8. The summed E-state index contributed by atoms with van der Waals surface area (Å²) in [5.74, 6) is 1.54. The molecule has 0 amide bonds. The van der Waals surface area contributed by atoms with E-state index >= 15 is 0 Å². The number of hydrogen-bond donors (Lipinski definition) is 1. The topological polar surface area (TPSA) is 12.0 Å². The first kappa shape index (κ1) is 13.1. The van der Waals surface area contributed by atoms with Gasteiger partial charge in [0, 0.05) is 11.4 Å². The minimum absolute atomic E-state index is 0.742. The summed E-state index contributed by atoms with van der Waals surface area (Å²) in [7, 11) is 0. The summed E-state index contributed by atoms with van der Waals surface area (Å²) in [4.78, 5) is 1.33. The molecule has 2 rings (SSSR count). The van der Waals surface area contributed by atoms with E-state index in [1.54, 1.807) is 16.9 Å². The Morgan fingerprint density at radius 2 is 2.29 bits per heavy atom. The largest absolute Gasteiger partial charge is 0.312 e. The van der Waals surface area contributed by atoms with Gasteiger partial charge in [0.15, 0.2) is 0 Å². The van der Waals surface area contributed by atoms with E-state index in [2.05, 4.69) is 31.3 Å². The van der Waals surface area contributed by atoms with Gasteiger partial charge in [0.05, 0.1) is 4.34 Å². The van der Waals surface area contributed by atoms with Crippen molar-refractivity contribution in [3.05, 3.63) is 33.0 Å². The second-order valence-corrected chi connectivity index (χ2v) is 6.93. The van der Waals surface area contributed by atoms with Crippen molar-refractivity contribution in [3.8, 4) is 0 Å². The van der Waals surface area contributed by atoms with Crippen molar-refractivity contribution in [1.29, 1.82) is 0 Å². The van der Waals surface area contributed by atoms with Crippen LogP contribution < -0.4 is 5.32 Å². The highest BCUT2D eigenvalue weighted by molar-refractivity contribution is 7.16. The van der Waals surface area contributed by atoms with E-state index in [-0.39, 0.29) is 0 Å². The monoisotopic (exact) mass is 269 g/mol. The summed E-state index contributed by atoms with van der Waals surface area (Å²) in [6.07, 6.45) is 4.98. The van der Waals surface area contributed by atoms with Crippen LogP contribution in [0.3, 0.4) is 0 Å². The van der Waals surface area contributed by atoms with Gasteiger partial charge in [-0.1, -0.05) is 30.2 Å². The zero-order chi connectivity index (χ0) is 12.3. The van der Waals surface area contributed by atoms with Crippen LogP contribution in [0.2, 0.25) is 4.34 Å². The lowest BCUT2D eigenvalue weighted by Crippen LogP contribution is -2.25. The van der Waals surface area contributed by atoms with Gasteiger partial charge in [-0.2, -0.15) is 0 Å². The minimum Gasteiger partial charge on any atom is -0.312 e. The molecule has 17 heavy (non-hydrogen) atoms. The molecule has 0 radical (unpaired) electrons. The van der Waals surface area contributed by atoms with Gasteiger partial charge < -0.3 is 5.32 Å². The molecule has 0 aliphatic heterocycles. The summed E-state index contributed by atoms with van der Waals surface area (Å²) in [5, 5.41) is 3.55. The van der Waals surface area contributed by atoms with Gasteiger partial charge in [-0.15, -0.1) is 11.3 Å². The Morgan fingerprint density at radius 1 is 1.47 bits per heavy atom. The summed E-state index contributed by atoms with van der Waals surface area (Å²) >= 11 is 7.58. The maximum atomic E-state index is 5.91. The number of thiophene rings is 1. The third kappa shape index (κ3) is 4.13. The number of rotatable bonds is 4. The van der Waals surface area contributed by atoms with Gasteiger partial charge in [0.1, 0.15) is 0 Å². The van der Waals surface area contributed by atoms with Gasteiger partial charge in [-0.3, -0.25) is 0 Å². The van der Waals surface area contributed by atoms with Crippen molar-refractivity contribution in [1.82, 2.24) is 5.32 Å². The lowest BCUT2D eigenvalue weighted by Gasteiger charge is -2.25. The molecule has 0 aromatic carbocycles. The zero-order valence-corrected chi connectivity index (χ0v) is 12.1. The summed E-state index contributed by atoms with van der Waals surface area (Å²) in [6.45, 7) is 6.63. The molecule has 0 bridgehead atoms. The second kappa shape index (κ2) is 6.03. The molecule has 2 atom stereocenters. The minimum atomic E-state index is 0.742. The van der Waals surface area contributed by atoms with Gasteiger partial charge in [-0.05, 0) is 50.3 Å². The standard InChI is InChI=1S/C14H20ClNS/c1-10-5-11(2)7-12(6-10)8-16-9-13-3-4-14(15)17-13/h3-5,10,12,16H,6-9H2,1-2H3. The predicted octanol–water partition coefficient (Wildman–Crippen LogP) is 4.48. The van der Waals surface area contributed by atoms with E-state index in [9.17, 15) is 0 Å². The highest BCUT2D eigenvalue weighted by Crippen LogP contribution is 2.27. The third-order valence-electron chi connectivity index (χ3n) is 3.25. The fourth-order valence-electron chi connectivity index (χ4n) is 2.69. The number of hydrogen-bond acceptors (Lipinski definition) is 2. The SMILES string of the molecule is CC1=CC(C)CC(CNCc2ccc(Cl)s2)C1. The van der Waals surface area contributed by atoms with Crippen LogP contribution in [0.5, 0.6) is 0 Å². The van der Waals surface area contributed by atoms with E-state index in [0.29, 0.717) is 0 Å². The van der Waals surface area contributed by atoms with Crippen molar-refractivity contribution < 1.29 is 0 Å². The summed E-state index contributed by atoms with van der Waals surface area (Å²) < 4.78 is 0.881. The molecule has 1 N–H and O–H groups in total. The van der Waals surface area contributed by atoms with Gasteiger partial charge >= 0.3 is 0 Å². The van der Waals surface area contributed by atoms with Gasteiger partial charge in [-0.25, -0.2) is 0 Å². The average molecular weight is 270 g/mol. The van der Waals surface area contributed by atoms with E-state index < -0.39 is 0 Å². The van der Waals surface area contributed by atoms with Crippen molar-refractivity contribution in [2.75, 3.05) is 6.54 Å². The van der Waals surface area contributed by atoms with Crippen LogP contribution in [-0.2, 0) is 6.54 Å². The van der Waals surface area contributed by atoms with Gasteiger partial charge in [0.2, 0.25) is 0 Å². The van der Waals surface area contributed by atoms with E-state index in [0.717, 1.165) is 29.3 Å². The van der Waals surface area contributed by atoms with Crippen LogP contribution in [0.15, 0.2) is 23.8 Å². The molecule has 0 saturated heterocycles. The number of allylic oxidation sites excluding steroid dienone is 2. The molecule has 1 aromatic heterocycles. The average Bonchev–Trinajstić information content (AvgIpc) is 2.63. The van der Waals surface area contributed by atoms with Gasteiger partial charge in [0.25, 0.3) is 0 Å². The van der Waals surface area contributed by atoms with Crippen molar-refractivity contribution in [2.24, 2.45) is 11.8 Å². The Bertz CT molecular complexity index is 397. The van der Waals surface area contributed by atoms with Crippen LogP contribution in [0.1, 0.15) is 31.6 Å². The highest BCUT2D eigenvalue weighted by atomic mass is 35.5. The zero-order valence-electron chi connectivity index (χ0n) is 10.5. The Labute approximate surface area is 113 Å². The molecule has 3 heteroatoms. The molecule has 1 aliphatic carbocycles. The van der Waals surface area contributed by atoms with Crippen LogP contribution in [0, 0.1) is 11.8 Å². The molecular formula is C14H20ClNS. The molecule has 1 nitrogen and oxygen atoms in total. The summed E-state index contributed by atoms with van der Waals surface area (Å²) in [5.41, 5.74) is 1.55. The number of halogens is 1. The molecule has 1 aromatic rings. The van der Waals surface area contributed by atoms with Crippen LogP contribution in [0.4, 0.5) is 0 Å². The first-order valence-electron chi connectivity index (χ1n) is 6.25. The molecule has 1 heterocycles. The lowest BCUT2D eigenvalue weighted by molar-refractivity contribution is 0.382. The maximum Gasteiger partial charge on any atom is 0.0931 e. The summed E-state index contributed by atoms with van der Waals surface area (Å²) in [6, 6.07) is 4.08. The fraction of sp³-hybridized carbons (Fsp3) is 0.571. The van der Waals surface area contributed by atoms with Crippen LogP contribution in [-0.4, -0.2) is 6.54 Å². The molecule has 2 unspecified atom stereocenters. The van der Waals surface area contributed by atoms with Crippen LogP contribution >= 0.6 is 22.9 Å². The molecule has 1 aliphatic rings. The Hall–Kier alpha value is -0.310. The molecule has 0 spiro atoms. The van der Waals surface area contributed by atoms with Crippen molar-refractivity contribution in [2.45, 2.75) is 33.2 Å². The lowest BCUT2D eigenvalue weighted by atomic mass is 9.84. The molecule has 94 valence electrons. The predicted molar refractivity (Wildman–Crippen MR) is 76.7 cm³/mol. The Kier molecular flexibility index (Phi) is 4.66. The van der Waals surface area contributed by atoms with Crippen molar-refractivity contribution >= 4 is 22.9 Å². The number of nitrogens with one attached hydrogen (secondary N) is 1. The molecular weight excluding hydrogens is 250 g/mol. The van der Waals surface area contributed by atoms with E-state index in [4.69, 9.17) is 11.6 Å². The second-order valence-electron chi connectivity index (χ2n) is 5.13. The van der Waals surface area contributed by atoms with Crippen LogP contribution in [0.25, 0.3) is 0 Å². The smallest absolute Gasteiger partial charge is 0.0931 e. The van der Waals surface area contributed by atoms with E-state index in [1.807, 2.05) is 6.07 Å². The maximum absolute atomic E-state index is 5.91. The Balaban J connectivity index is 1.74. The molecule has 0 fully saturated rings. The first-order chi connectivity index (χ1) is 8.13. The Morgan fingerprint density at radius 3 is 2.94 bits per heavy atom. The van der Waals surface area contributed by atoms with E-state index in [1.165, 1.54) is 17.7 Å². The quantitative estimate of drug-likeness (QED) is 0.795. The third-order valence-corrected chi connectivity index (χ3v) is 4.48.